The van der Waals surface area contributed by atoms with E-state index in [0.29, 0.717) is 0 Å². The van der Waals surface area contributed by atoms with Gasteiger partial charge in [0.05, 0.1) is 15.5 Å². The first-order chi connectivity index (χ1) is 12.5. The van der Waals surface area contributed by atoms with Crippen molar-refractivity contribution in [3.05, 3.63) is 64.2 Å². The van der Waals surface area contributed by atoms with E-state index >= 15 is 0 Å². The summed E-state index contributed by atoms with van der Waals surface area (Å²) in [4.78, 5) is 31.2. The molecule has 1 aromatic carbocycles. The van der Waals surface area contributed by atoms with Crippen LogP contribution in [0, 0.1) is 20.2 Å². The van der Waals surface area contributed by atoms with Crippen LogP contribution in [0.15, 0.2) is 28.0 Å². The highest BCUT2D eigenvalue weighted by Crippen LogP contribution is 2.54. The molecule has 0 amide bonds. The van der Waals surface area contributed by atoms with Crippen molar-refractivity contribution >= 4 is 28.4 Å². The van der Waals surface area contributed by atoms with E-state index in [4.69, 9.17) is 16.6 Å². The lowest BCUT2D eigenvalue weighted by Gasteiger charge is -2.11. The van der Waals surface area contributed by atoms with E-state index in [0.717, 1.165) is 17.3 Å². The average Bonchev–Trinajstić information content (AvgIpc) is 3.09. The zero-order chi connectivity index (χ0) is 19.3. The van der Waals surface area contributed by atoms with Crippen LogP contribution < -0.4 is 0 Å². The fourth-order valence-electron chi connectivity index (χ4n) is 1.98. The van der Waals surface area contributed by atoms with E-state index in [2.05, 4.69) is 40.2 Å². The first-order valence-electron chi connectivity index (χ1n) is 6.00. The largest absolute Gasteiger partial charge is 0.297 e. The van der Waals surface area contributed by atoms with Crippen molar-refractivity contribution < 1.29 is 9.85 Å². The van der Waals surface area contributed by atoms with Gasteiger partial charge in [0, 0.05) is 14.7 Å². The molecule has 1 heterocycles. The van der Waals surface area contributed by atoms with Crippen molar-refractivity contribution in [3.8, 4) is 5.69 Å². The zero-order valence-electron chi connectivity index (χ0n) is 12.0. The minimum Gasteiger partial charge on any atom is -0.258 e. The molecule has 0 saturated heterocycles. The number of aromatic nitrogens is 3. The highest BCUT2D eigenvalue weighted by molar-refractivity contribution is 5.95. The second kappa shape index (κ2) is 7.11. The standard InChI is InChI=1S/C8H2N14O4/c9-17-14-3-6(20-2-12-1-13-20)4(15-18-10)8(22(25)26)5(16-19-11)7(3)21(23)24/h1-2H. The van der Waals surface area contributed by atoms with Crippen LogP contribution in [0.2, 0.25) is 0 Å². The Labute approximate surface area is 139 Å². The van der Waals surface area contributed by atoms with Gasteiger partial charge in [-0.2, -0.15) is 5.10 Å². The molecule has 0 atom stereocenters. The summed E-state index contributed by atoms with van der Waals surface area (Å²) in [5, 5.41) is 35.7. The van der Waals surface area contributed by atoms with Gasteiger partial charge in [0.15, 0.2) is 5.69 Å². The molecular formula is C8H2N14O4. The topological polar surface area (TPSA) is 263 Å². The molecule has 0 saturated carbocycles. The number of hydrogen-bond acceptors (Lipinski definition) is 9. The molecule has 1 aromatic heterocycles. The second-order valence-corrected chi connectivity index (χ2v) is 4.01. The average molecular weight is 358 g/mol. The summed E-state index contributed by atoms with van der Waals surface area (Å²) in [6, 6.07) is 0. The van der Waals surface area contributed by atoms with E-state index in [-0.39, 0.29) is 0 Å². The van der Waals surface area contributed by atoms with Crippen LogP contribution in [0.5, 0.6) is 0 Å². The van der Waals surface area contributed by atoms with Crippen molar-refractivity contribution in [1.29, 1.82) is 0 Å². The van der Waals surface area contributed by atoms with Crippen LogP contribution in [0.4, 0.5) is 28.4 Å². The first-order valence-corrected chi connectivity index (χ1v) is 6.00. The maximum atomic E-state index is 11.4. The fraction of sp³-hybridized carbons (Fsp3) is 0. The summed E-state index contributed by atoms with van der Waals surface area (Å²) in [5.41, 5.74) is 20.4. The van der Waals surface area contributed by atoms with Gasteiger partial charge in [-0.15, -0.1) is 0 Å². The molecule has 0 N–H and O–H groups in total. The number of nitro benzene ring substituents is 2. The molecule has 0 fully saturated rings. The lowest BCUT2D eigenvalue weighted by atomic mass is 10.1. The number of rotatable bonds is 6. The van der Waals surface area contributed by atoms with Gasteiger partial charge in [0.25, 0.3) is 11.4 Å². The third kappa shape index (κ3) is 2.82. The summed E-state index contributed by atoms with van der Waals surface area (Å²) in [7, 11) is 0. The Morgan fingerprint density at radius 3 is 1.73 bits per heavy atom. The van der Waals surface area contributed by atoms with Gasteiger partial charge in [-0.05, 0) is 21.7 Å². The van der Waals surface area contributed by atoms with Crippen LogP contribution in [0.25, 0.3) is 37.0 Å². The molecule has 0 aliphatic carbocycles. The Hall–Kier alpha value is -4.91. The number of azide groups is 3. The van der Waals surface area contributed by atoms with Crippen molar-refractivity contribution in [2.75, 3.05) is 0 Å². The Morgan fingerprint density at radius 1 is 0.923 bits per heavy atom. The molecule has 128 valence electrons. The van der Waals surface area contributed by atoms with E-state index < -0.39 is 44.0 Å². The summed E-state index contributed by atoms with van der Waals surface area (Å²) in [6.07, 6.45) is 1.93. The Morgan fingerprint density at radius 2 is 1.38 bits per heavy atom. The monoisotopic (exact) mass is 358 g/mol. The zero-order valence-corrected chi connectivity index (χ0v) is 12.0. The molecule has 18 nitrogen and oxygen atoms in total. The van der Waals surface area contributed by atoms with Crippen LogP contribution >= 0.6 is 0 Å². The van der Waals surface area contributed by atoms with Crippen molar-refractivity contribution in [1.82, 2.24) is 14.8 Å². The number of benzene rings is 1. The van der Waals surface area contributed by atoms with Gasteiger partial charge in [0.1, 0.15) is 24.0 Å². The fourth-order valence-corrected chi connectivity index (χ4v) is 1.98. The molecule has 18 heteroatoms. The normalized spacial score (nSPS) is 9.38. The maximum Gasteiger partial charge on any atom is 0.297 e. The van der Waals surface area contributed by atoms with Gasteiger partial charge in [-0.3, -0.25) is 20.2 Å². The highest BCUT2D eigenvalue weighted by Gasteiger charge is 2.36. The van der Waals surface area contributed by atoms with Crippen LogP contribution in [-0.4, -0.2) is 24.6 Å². The third-order valence-electron chi connectivity index (χ3n) is 2.79. The van der Waals surface area contributed by atoms with Gasteiger partial charge in [-0.25, -0.2) is 9.67 Å². The molecule has 2 aromatic rings. The smallest absolute Gasteiger partial charge is 0.258 e. The van der Waals surface area contributed by atoms with Crippen LogP contribution in [-0.2, 0) is 0 Å². The first kappa shape index (κ1) is 17.4. The lowest BCUT2D eigenvalue weighted by molar-refractivity contribution is -0.391. The highest BCUT2D eigenvalue weighted by atomic mass is 16.6. The van der Waals surface area contributed by atoms with E-state index in [1.165, 1.54) is 0 Å². The third-order valence-corrected chi connectivity index (χ3v) is 2.79. The maximum absolute atomic E-state index is 11.4. The van der Waals surface area contributed by atoms with Gasteiger partial charge < -0.3 is 0 Å². The molecule has 0 unspecified atom stereocenters. The molecule has 0 spiro atoms. The summed E-state index contributed by atoms with van der Waals surface area (Å²) < 4.78 is 0.758. The van der Waals surface area contributed by atoms with E-state index in [1.54, 1.807) is 0 Å². The van der Waals surface area contributed by atoms with Gasteiger partial charge >= 0.3 is 0 Å². The Kier molecular flexibility index (Phi) is 4.77. The summed E-state index contributed by atoms with van der Waals surface area (Å²) >= 11 is 0. The van der Waals surface area contributed by atoms with Crippen molar-refractivity contribution in [3.63, 3.8) is 0 Å². The Balaban J connectivity index is 3.30. The summed E-state index contributed by atoms with van der Waals surface area (Å²) in [5.74, 6) is 0. The molecule has 0 aliphatic heterocycles. The number of hydrogen-bond donors (Lipinski definition) is 0. The predicted molar refractivity (Wildman–Crippen MR) is 81.1 cm³/mol. The predicted octanol–water partition coefficient (Wildman–Crippen LogP) is 3.91. The van der Waals surface area contributed by atoms with Crippen molar-refractivity contribution in [2.45, 2.75) is 0 Å². The molecule has 0 aliphatic rings. The van der Waals surface area contributed by atoms with Crippen LogP contribution in [0.3, 0.4) is 0 Å². The second-order valence-electron chi connectivity index (χ2n) is 4.01. The molecule has 0 bridgehead atoms. The molecule has 26 heavy (non-hydrogen) atoms. The lowest BCUT2D eigenvalue weighted by Crippen LogP contribution is -2.03. The summed E-state index contributed by atoms with van der Waals surface area (Å²) in [6.45, 7) is 0. The van der Waals surface area contributed by atoms with Crippen LogP contribution in [0.1, 0.15) is 0 Å². The van der Waals surface area contributed by atoms with E-state index in [1.807, 2.05) is 0 Å². The SMILES string of the molecule is [N-]=[N+]=Nc1c(-n2cncn2)c(N=[N+]=[N-])c([N+](=O)[O-])c(N=[N+]=[N-])c1[N+](=O)[O-]. The Bertz CT molecular complexity index is 996. The molecule has 0 radical (unpaired) electrons. The van der Waals surface area contributed by atoms with Gasteiger partial charge in [0.2, 0.25) is 0 Å². The van der Waals surface area contributed by atoms with Gasteiger partial charge in [-0.1, -0.05) is 10.2 Å². The quantitative estimate of drug-likeness (QED) is 0.242. The van der Waals surface area contributed by atoms with Crippen molar-refractivity contribution in [2.24, 2.45) is 15.3 Å². The minimum atomic E-state index is -1.17. The molecular weight excluding hydrogens is 356 g/mol. The number of nitro groups is 2. The number of nitrogens with zero attached hydrogens (tertiary/aromatic N) is 14. The molecule has 2 rings (SSSR count). The minimum absolute atomic E-state index is 0.589. The van der Waals surface area contributed by atoms with E-state index in [9.17, 15) is 20.2 Å².